The van der Waals surface area contributed by atoms with Crippen molar-refractivity contribution in [2.75, 3.05) is 0 Å². The maximum atomic E-state index is 11.3. The van der Waals surface area contributed by atoms with Gasteiger partial charge < -0.3 is 0 Å². The van der Waals surface area contributed by atoms with E-state index in [9.17, 15) is 15.0 Å². The third-order valence-electron chi connectivity index (χ3n) is 3.88. The third kappa shape index (κ3) is 2.25. The predicted molar refractivity (Wildman–Crippen MR) is 78.2 cm³/mol. The van der Waals surface area contributed by atoms with Gasteiger partial charge in [0.2, 0.25) is 0 Å². The molecule has 1 aliphatic carbocycles. The molecule has 4 nitrogen and oxygen atoms in total. The molecule has 1 saturated carbocycles. The Bertz CT molecular complexity index is 676. The van der Waals surface area contributed by atoms with Crippen LogP contribution >= 0.6 is 15.9 Å². The number of nitrogens with zero attached hydrogens (tertiary/aromatic N) is 1. The molecule has 2 aromatic heterocycles. The fourth-order valence-corrected chi connectivity index (χ4v) is 6.71. The summed E-state index contributed by atoms with van der Waals surface area (Å²) in [5.41, 5.74) is 0.381. The van der Waals surface area contributed by atoms with Crippen LogP contribution in [0.3, 0.4) is 0 Å². The second kappa shape index (κ2) is 5.26. The van der Waals surface area contributed by atoms with Gasteiger partial charge in [0.25, 0.3) is 0 Å². The molecule has 0 amide bonds. The van der Waals surface area contributed by atoms with Gasteiger partial charge in [0.05, 0.1) is 0 Å². The molecule has 0 spiro atoms. The van der Waals surface area contributed by atoms with E-state index >= 15 is 0 Å². The van der Waals surface area contributed by atoms with Crippen molar-refractivity contribution in [1.82, 2.24) is 0 Å². The first kappa shape index (κ1) is 14.3. The van der Waals surface area contributed by atoms with Crippen molar-refractivity contribution in [3.8, 4) is 0 Å². The van der Waals surface area contributed by atoms with Crippen LogP contribution in [0, 0.1) is 0 Å². The van der Waals surface area contributed by atoms with E-state index in [1.54, 1.807) is 12.1 Å². The number of rotatable bonds is 2. The van der Waals surface area contributed by atoms with Gasteiger partial charge in [-0.3, -0.25) is 0 Å². The normalized spacial score (nSPS) is 18.3. The number of carbonyl (C=O) groups is 1. The molecular formula is C14H15BrNO3Se+. The van der Waals surface area contributed by atoms with Crippen LogP contribution in [0.25, 0.3) is 5.52 Å². The van der Waals surface area contributed by atoms with E-state index in [0.717, 1.165) is 40.1 Å². The van der Waals surface area contributed by atoms with E-state index in [-0.39, 0.29) is 20.4 Å². The molecule has 106 valence electrons. The van der Waals surface area contributed by atoms with Gasteiger partial charge in [0, 0.05) is 0 Å². The number of fused-ring (bicyclic) bond motifs is 1. The molecule has 0 radical (unpaired) electrons. The zero-order valence-electron chi connectivity index (χ0n) is 10.8. The molecule has 0 bridgehead atoms. The number of aliphatic hydroxyl groups is 1. The summed E-state index contributed by atoms with van der Waals surface area (Å²) in [6.07, 6.45) is 4.78. The van der Waals surface area contributed by atoms with Crippen molar-refractivity contribution < 1.29 is 18.4 Å². The number of aromatic carboxylic acids is 1. The predicted octanol–water partition coefficient (Wildman–Crippen LogP) is 2.09. The van der Waals surface area contributed by atoms with Gasteiger partial charge in [-0.05, 0) is 0 Å². The van der Waals surface area contributed by atoms with E-state index in [1.165, 1.54) is 6.42 Å². The first-order chi connectivity index (χ1) is 9.53. The Balaban J connectivity index is 2.20. The fourth-order valence-electron chi connectivity index (χ4n) is 2.82. The number of aromatic nitrogens is 1. The van der Waals surface area contributed by atoms with Crippen LogP contribution in [0.4, 0.5) is 0 Å². The molecule has 6 heteroatoms. The molecule has 0 unspecified atom stereocenters. The maximum absolute atomic E-state index is 11.3. The monoisotopic (exact) mass is 404 g/mol. The zero-order valence-corrected chi connectivity index (χ0v) is 14.1. The summed E-state index contributed by atoms with van der Waals surface area (Å²) in [5, 5.41) is 20.2. The minimum atomic E-state index is -0.925. The molecule has 1 fully saturated rings. The van der Waals surface area contributed by atoms with Crippen molar-refractivity contribution in [1.29, 1.82) is 0 Å². The van der Waals surface area contributed by atoms with Crippen LogP contribution in [0.1, 0.15) is 47.0 Å². The average molecular weight is 404 g/mol. The molecule has 1 aliphatic rings. The quantitative estimate of drug-likeness (QED) is 0.754. The van der Waals surface area contributed by atoms with Crippen LogP contribution in [0.5, 0.6) is 0 Å². The summed E-state index contributed by atoms with van der Waals surface area (Å²) < 4.78 is 3.69. The Morgan fingerprint density at radius 1 is 1.30 bits per heavy atom. The summed E-state index contributed by atoms with van der Waals surface area (Å²) in [6, 6.07) is 5.26. The Hall–Kier alpha value is -0.681. The van der Waals surface area contributed by atoms with Gasteiger partial charge in [0.15, 0.2) is 0 Å². The number of hydrogen-bond donors (Lipinski definition) is 2. The fraction of sp³-hybridized carbons (Fsp3) is 0.429. The third-order valence-corrected chi connectivity index (χ3v) is 8.09. The van der Waals surface area contributed by atoms with Gasteiger partial charge in [-0.25, -0.2) is 0 Å². The van der Waals surface area contributed by atoms with Crippen molar-refractivity contribution in [2.24, 2.45) is 0 Å². The van der Waals surface area contributed by atoms with Crippen molar-refractivity contribution in [3.05, 3.63) is 32.8 Å². The summed E-state index contributed by atoms with van der Waals surface area (Å²) in [7, 11) is 0. The molecule has 2 heterocycles. The second-order valence-corrected chi connectivity index (χ2v) is 8.02. The van der Waals surface area contributed by atoms with Crippen LogP contribution in [0.2, 0.25) is 0 Å². The second-order valence-electron chi connectivity index (χ2n) is 5.22. The van der Waals surface area contributed by atoms with Crippen molar-refractivity contribution in [3.63, 3.8) is 0 Å². The van der Waals surface area contributed by atoms with Crippen LogP contribution < -0.4 is 3.40 Å². The Morgan fingerprint density at radius 3 is 2.65 bits per heavy atom. The summed E-state index contributed by atoms with van der Waals surface area (Å²) in [5.74, 6) is -0.925. The molecule has 0 aliphatic heterocycles. The van der Waals surface area contributed by atoms with Crippen LogP contribution in [-0.2, 0) is 5.60 Å². The van der Waals surface area contributed by atoms with E-state index in [0.29, 0.717) is 0 Å². The van der Waals surface area contributed by atoms with Gasteiger partial charge in [-0.1, -0.05) is 0 Å². The standard InChI is InChI=1S/C14H14BrNO3Se/c15-11-9-5-4-6-10(13(17)18)16(9)20-12(11)14(19)7-2-1-3-8-14/h4-6,19H,1-3,7-8H2/p+1. The van der Waals surface area contributed by atoms with Crippen LogP contribution in [0.15, 0.2) is 22.7 Å². The number of hydrogen-bond acceptors (Lipinski definition) is 2. The number of halogens is 1. The molecule has 0 atom stereocenters. The summed E-state index contributed by atoms with van der Waals surface area (Å²) in [4.78, 5) is 11.3. The summed E-state index contributed by atoms with van der Waals surface area (Å²) >= 11 is 3.38. The molecule has 2 aromatic rings. The van der Waals surface area contributed by atoms with E-state index < -0.39 is 11.6 Å². The Labute approximate surface area is 131 Å². The molecule has 0 saturated heterocycles. The number of carboxylic acid groups (broad SMARTS) is 1. The number of carboxylic acids is 1. The summed E-state index contributed by atoms with van der Waals surface area (Å²) in [6.45, 7) is 0. The first-order valence-corrected chi connectivity index (χ1v) is 9.04. The van der Waals surface area contributed by atoms with Crippen molar-refractivity contribution in [2.45, 2.75) is 37.7 Å². The van der Waals surface area contributed by atoms with Crippen LogP contribution in [-0.4, -0.2) is 30.9 Å². The van der Waals surface area contributed by atoms with Gasteiger partial charge in [0.1, 0.15) is 0 Å². The zero-order chi connectivity index (χ0) is 14.3. The molecule has 0 aromatic carbocycles. The van der Waals surface area contributed by atoms with Crippen molar-refractivity contribution >= 4 is 42.1 Å². The van der Waals surface area contributed by atoms with E-state index in [2.05, 4.69) is 15.9 Å². The van der Waals surface area contributed by atoms with Gasteiger partial charge in [-0.15, -0.1) is 0 Å². The van der Waals surface area contributed by atoms with E-state index in [4.69, 9.17) is 0 Å². The Kier molecular flexibility index (Phi) is 3.75. The molecule has 20 heavy (non-hydrogen) atoms. The number of pyridine rings is 1. The topological polar surface area (TPSA) is 61.6 Å². The SMILES string of the molecule is O=C(O)c1cccc2c(Br)c(C3(O)CCCCC3)[se][n+]12. The molecular weight excluding hydrogens is 389 g/mol. The molecule has 3 rings (SSSR count). The van der Waals surface area contributed by atoms with Gasteiger partial charge >= 0.3 is 131 Å². The average Bonchev–Trinajstić information content (AvgIpc) is 2.78. The minimum absolute atomic E-state index is 0.199. The Morgan fingerprint density at radius 2 is 2.00 bits per heavy atom. The van der Waals surface area contributed by atoms with E-state index in [1.807, 2.05) is 9.46 Å². The first-order valence-electron chi connectivity index (χ1n) is 6.63. The molecule has 2 N–H and O–H groups in total. The van der Waals surface area contributed by atoms with Gasteiger partial charge in [-0.2, -0.15) is 0 Å².